The Kier molecular flexibility index (Phi) is 3.97. The van der Waals surface area contributed by atoms with E-state index in [4.69, 9.17) is 9.47 Å². The van der Waals surface area contributed by atoms with Crippen LogP contribution >= 0.6 is 0 Å². The van der Waals surface area contributed by atoms with E-state index in [1.54, 1.807) is 0 Å². The molecule has 1 aliphatic carbocycles. The van der Waals surface area contributed by atoms with Crippen LogP contribution in [0.4, 0.5) is 0 Å². The molecule has 0 radical (unpaired) electrons. The zero-order valence-corrected chi connectivity index (χ0v) is 10.8. The van der Waals surface area contributed by atoms with Crippen LogP contribution in [0.15, 0.2) is 35.9 Å². The number of fused-ring (bicyclic) bond motifs is 1. The Bertz CT molecular complexity index is 409. The second-order valence-corrected chi connectivity index (χ2v) is 4.25. The maximum absolute atomic E-state index is 5.82. The highest BCUT2D eigenvalue weighted by Gasteiger charge is 2.26. The first-order chi connectivity index (χ1) is 8.27. The summed E-state index contributed by atoms with van der Waals surface area (Å²) in [6, 6.07) is 8.39. The minimum absolute atomic E-state index is 0.0768. The highest BCUT2D eigenvalue weighted by Crippen LogP contribution is 2.39. The van der Waals surface area contributed by atoms with Gasteiger partial charge < -0.3 is 9.47 Å². The van der Waals surface area contributed by atoms with Gasteiger partial charge in [-0.2, -0.15) is 0 Å². The number of rotatable bonds is 4. The Morgan fingerprint density at radius 3 is 2.29 bits per heavy atom. The smallest absolute Gasteiger partial charge is 0.104 e. The van der Waals surface area contributed by atoms with Gasteiger partial charge >= 0.3 is 0 Å². The molecule has 0 saturated carbocycles. The molecule has 0 amide bonds. The number of ether oxygens (including phenoxy) is 2. The van der Waals surface area contributed by atoms with Gasteiger partial charge in [0.15, 0.2) is 0 Å². The van der Waals surface area contributed by atoms with Crippen molar-refractivity contribution < 1.29 is 9.47 Å². The average molecular weight is 232 g/mol. The third-order valence-electron chi connectivity index (χ3n) is 3.09. The van der Waals surface area contributed by atoms with Gasteiger partial charge in [0.25, 0.3) is 0 Å². The summed E-state index contributed by atoms with van der Waals surface area (Å²) in [6.07, 6.45) is 2.34. The molecule has 0 saturated heterocycles. The lowest BCUT2D eigenvalue weighted by molar-refractivity contribution is 0.0623. The van der Waals surface area contributed by atoms with Gasteiger partial charge in [0.05, 0.1) is 0 Å². The lowest BCUT2D eigenvalue weighted by atomic mass is 9.88. The topological polar surface area (TPSA) is 18.5 Å². The predicted molar refractivity (Wildman–Crippen MR) is 68.9 cm³/mol. The molecule has 0 aliphatic heterocycles. The lowest BCUT2D eigenvalue weighted by Crippen LogP contribution is -2.17. The molecule has 17 heavy (non-hydrogen) atoms. The highest BCUT2D eigenvalue weighted by molar-refractivity contribution is 5.41. The standard InChI is InChI=1S/C15H20O2/c1-4-16-14-10-11(3)15(17-5-2)13-9-7-6-8-12(13)14/h6-10,14-15H,4-5H2,1-3H3. The highest BCUT2D eigenvalue weighted by atomic mass is 16.5. The molecule has 0 bridgehead atoms. The summed E-state index contributed by atoms with van der Waals surface area (Å²) < 4.78 is 11.6. The lowest BCUT2D eigenvalue weighted by Gasteiger charge is -2.29. The van der Waals surface area contributed by atoms with Gasteiger partial charge in [0.1, 0.15) is 12.2 Å². The maximum atomic E-state index is 5.82. The van der Waals surface area contributed by atoms with Crippen molar-refractivity contribution in [3.8, 4) is 0 Å². The van der Waals surface area contributed by atoms with E-state index in [2.05, 4.69) is 37.3 Å². The van der Waals surface area contributed by atoms with Crippen molar-refractivity contribution in [1.29, 1.82) is 0 Å². The van der Waals surface area contributed by atoms with Crippen molar-refractivity contribution in [2.45, 2.75) is 33.0 Å². The van der Waals surface area contributed by atoms with E-state index in [9.17, 15) is 0 Å². The van der Waals surface area contributed by atoms with Crippen LogP contribution in [0.25, 0.3) is 0 Å². The molecule has 2 nitrogen and oxygen atoms in total. The van der Waals surface area contributed by atoms with Crippen LogP contribution in [0.2, 0.25) is 0 Å². The van der Waals surface area contributed by atoms with Gasteiger partial charge in [-0.05, 0) is 43.5 Å². The van der Waals surface area contributed by atoms with Crippen molar-refractivity contribution in [3.63, 3.8) is 0 Å². The van der Waals surface area contributed by atoms with Gasteiger partial charge in [0, 0.05) is 13.2 Å². The minimum atomic E-state index is 0.0768. The summed E-state index contributed by atoms with van der Waals surface area (Å²) in [7, 11) is 0. The largest absolute Gasteiger partial charge is 0.370 e. The quantitative estimate of drug-likeness (QED) is 0.735. The molecule has 2 heteroatoms. The monoisotopic (exact) mass is 232 g/mol. The third-order valence-corrected chi connectivity index (χ3v) is 3.09. The molecular weight excluding hydrogens is 212 g/mol. The molecule has 0 spiro atoms. The fraction of sp³-hybridized carbons (Fsp3) is 0.467. The summed E-state index contributed by atoms with van der Waals surface area (Å²) in [6.45, 7) is 7.62. The molecule has 2 rings (SSSR count). The van der Waals surface area contributed by atoms with Crippen molar-refractivity contribution in [2.75, 3.05) is 13.2 Å². The van der Waals surface area contributed by atoms with Gasteiger partial charge in [-0.15, -0.1) is 0 Å². The average Bonchev–Trinajstić information content (AvgIpc) is 2.34. The van der Waals surface area contributed by atoms with Crippen molar-refractivity contribution in [2.24, 2.45) is 0 Å². The van der Waals surface area contributed by atoms with Crippen LogP contribution in [0.1, 0.15) is 44.1 Å². The number of hydrogen-bond donors (Lipinski definition) is 0. The molecule has 1 aromatic carbocycles. The first kappa shape index (κ1) is 12.3. The molecule has 0 fully saturated rings. The van der Waals surface area contributed by atoms with Crippen molar-refractivity contribution in [1.82, 2.24) is 0 Å². The van der Waals surface area contributed by atoms with Gasteiger partial charge in [-0.25, -0.2) is 0 Å². The van der Waals surface area contributed by atoms with Crippen molar-refractivity contribution >= 4 is 0 Å². The maximum Gasteiger partial charge on any atom is 0.104 e. The Balaban J connectivity index is 2.39. The Morgan fingerprint density at radius 2 is 1.65 bits per heavy atom. The SMILES string of the molecule is CCOC1C=C(C)C(OCC)c2ccccc21. The van der Waals surface area contributed by atoms with E-state index in [0.29, 0.717) is 0 Å². The van der Waals surface area contributed by atoms with Gasteiger partial charge in [-0.1, -0.05) is 24.3 Å². The van der Waals surface area contributed by atoms with Gasteiger partial charge in [0.2, 0.25) is 0 Å². The van der Waals surface area contributed by atoms with Crippen LogP contribution < -0.4 is 0 Å². The summed E-state index contributed by atoms with van der Waals surface area (Å²) in [5, 5.41) is 0. The second-order valence-electron chi connectivity index (χ2n) is 4.25. The Labute approximate surface area is 103 Å². The molecule has 0 aromatic heterocycles. The second kappa shape index (κ2) is 5.48. The first-order valence-corrected chi connectivity index (χ1v) is 6.28. The Morgan fingerprint density at radius 1 is 1.00 bits per heavy atom. The van der Waals surface area contributed by atoms with Gasteiger partial charge in [-0.3, -0.25) is 0 Å². The predicted octanol–water partition coefficient (Wildman–Crippen LogP) is 3.80. The van der Waals surface area contributed by atoms with E-state index in [-0.39, 0.29) is 12.2 Å². The normalized spacial score (nSPS) is 23.1. The number of benzene rings is 1. The van der Waals surface area contributed by atoms with Crippen LogP contribution in [0, 0.1) is 0 Å². The summed E-state index contributed by atoms with van der Waals surface area (Å²) in [4.78, 5) is 0. The van der Waals surface area contributed by atoms with Crippen LogP contribution in [0.3, 0.4) is 0 Å². The van der Waals surface area contributed by atoms with Crippen molar-refractivity contribution in [3.05, 3.63) is 47.0 Å². The molecule has 0 heterocycles. The zero-order chi connectivity index (χ0) is 12.3. The summed E-state index contributed by atoms with van der Waals surface area (Å²) >= 11 is 0. The Hall–Kier alpha value is -1.12. The molecule has 2 unspecified atom stereocenters. The van der Waals surface area contributed by atoms with Crippen LogP contribution in [-0.2, 0) is 9.47 Å². The third kappa shape index (κ3) is 2.43. The molecular formula is C15H20O2. The van der Waals surface area contributed by atoms with E-state index in [1.165, 1.54) is 16.7 Å². The molecule has 1 aliphatic rings. The molecule has 92 valence electrons. The van der Waals surface area contributed by atoms with E-state index >= 15 is 0 Å². The zero-order valence-electron chi connectivity index (χ0n) is 10.8. The van der Waals surface area contributed by atoms with Crippen LogP contribution in [0.5, 0.6) is 0 Å². The van der Waals surface area contributed by atoms with E-state index in [1.807, 2.05) is 13.8 Å². The summed E-state index contributed by atoms with van der Waals surface area (Å²) in [5.74, 6) is 0. The first-order valence-electron chi connectivity index (χ1n) is 6.28. The molecule has 0 N–H and O–H groups in total. The minimum Gasteiger partial charge on any atom is -0.370 e. The van der Waals surface area contributed by atoms with Crippen LogP contribution in [-0.4, -0.2) is 13.2 Å². The fourth-order valence-electron chi connectivity index (χ4n) is 2.38. The fourth-order valence-corrected chi connectivity index (χ4v) is 2.38. The van der Waals surface area contributed by atoms with E-state index < -0.39 is 0 Å². The summed E-state index contributed by atoms with van der Waals surface area (Å²) in [5.41, 5.74) is 3.72. The molecule has 2 atom stereocenters. The van der Waals surface area contributed by atoms with E-state index in [0.717, 1.165) is 13.2 Å². The number of hydrogen-bond acceptors (Lipinski definition) is 2. The molecule has 1 aromatic rings.